The Hall–Kier alpha value is -0.900. The van der Waals surface area contributed by atoms with Gasteiger partial charge in [-0.1, -0.05) is 29.8 Å². The molecule has 106 valence electrons. The number of nitrogens with zero attached hydrogens (tertiary/aromatic N) is 1. The van der Waals surface area contributed by atoms with E-state index in [1.165, 1.54) is 11.1 Å². The van der Waals surface area contributed by atoms with Crippen LogP contribution in [0, 0.1) is 6.92 Å². The minimum absolute atomic E-state index is 0.445. The normalized spacial score (nSPS) is 17.8. The molecule has 2 N–H and O–H groups in total. The molecule has 1 fully saturated rings. The van der Waals surface area contributed by atoms with E-state index >= 15 is 0 Å². The molecule has 0 saturated carbocycles. The average Bonchev–Trinajstić information content (AvgIpc) is 2.44. The van der Waals surface area contributed by atoms with Crippen LogP contribution in [0.15, 0.2) is 24.3 Å². The molecule has 19 heavy (non-hydrogen) atoms. The zero-order valence-corrected chi connectivity index (χ0v) is 12.0. The third kappa shape index (κ3) is 4.94. The first-order chi connectivity index (χ1) is 9.28. The Balaban J connectivity index is 1.69. The lowest BCUT2D eigenvalue weighted by molar-refractivity contribution is 0.00563. The van der Waals surface area contributed by atoms with Gasteiger partial charge in [-0.2, -0.15) is 0 Å². The van der Waals surface area contributed by atoms with Gasteiger partial charge in [0.05, 0.1) is 6.10 Å². The molecule has 1 heterocycles. The van der Waals surface area contributed by atoms with Crippen molar-refractivity contribution in [3.05, 3.63) is 35.4 Å². The zero-order valence-electron chi connectivity index (χ0n) is 12.0. The maximum atomic E-state index is 5.83. The first-order valence-corrected chi connectivity index (χ1v) is 7.37. The van der Waals surface area contributed by atoms with E-state index in [2.05, 4.69) is 36.1 Å². The fourth-order valence-corrected chi connectivity index (χ4v) is 2.52. The molecule has 0 amide bonds. The molecule has 1 aliphatic rings. The monoisotopic (exact) mass is 262 g/mol. The Kier molecular flexibility index (Phi) is 5.83. The fourth-order valence-electron chi connectivity index (χ4n) is 2.52. The van der Waals surface area contributed by atoms with E-state index < -0.39 is 0 Å². The topological polar surface area (TPSA) is 38.5 Å². The van der Waals surface area contributed by atoms with Crippen molar-refractivity contribution in [2.24, 2.45) is 5.73 Å². The van der Waals surface area contributed by atoms with Crippen LogP contribution in [0.3, 0.4) is 0 Å². The predicted octanol–water partition coefficient (Wildman–Crippen LogP) is 2.32. The van der Waals surface area contributed by atoms with Crippen LogP contribution < -0.4 is 5.73 Å². The van der Waals surface area contributed by atoms with Gasteiger partial charge in [0.1, 0.15) is 0 Å². The summed E-state index contributed by atoms with van der Waals surface area (Å²) in [5.74, 6) is 0. The highest BCUT2D eigenvalue weighted by atomic mass is 16.5. The molecule has 1 saturated heterocycles. The number of piperidine rings is 1. The second-order valence-corrected chi connectivity index (χ2v) is 5.47. The molecule has 2 rings (SSSR count). The van der Waals surface area contributed by atoms with Gasteiger partial charge < -0.3 is 10.5 Å². The molecule has 3 heteroatoms. The summed E-state index contributed by atoms with van der Waals surface area (Å²) in [4.78, 5) is 2.52. The molecule has 1 aromatic rings. The van der Waals surface area contributed by atoms with Crippen molar-refractivity contribution in [2.75, 3.05) is 26.2 Å². The van der Waals surface area contributed by atoms with Crippen LogP contribution in [0.25, 0.3) is 0 Å². The maximum Gasteiger partial charge on any atom is 0.0599 e. The molecular weight excluding hydrogens is 236 g/mol. The number of nitrogens with two attached hydrogens (primary N) is 1. The third-order valence-electron chi connectivity index (χ3n) is 3.76. The van der Waals surface area contributed by atoms with E-state index in [4.69, 9.17) is 10.5 Å². The lowest BCUT2D eigenvalue weighted by atomic mass is 10.1. The highest BCUT2D eigenvalue weighted by Crippen LogP contribution is 2.16. The van der Waals surface area contributed by atoms with E-state index in [1.807, 2.05) is 0 Å². The number of benzene rings is 1. The molecule has 0 atom stereocenters. The van der Waals surface area contributed by atoms with Gasteiger partial charge in [0.2, 0.25) is 0 Å². The van der Waals surface area contributed by atoms with Crippen molar-refractivity contribution < 1.29 is 4.74 Å². The van der Waals surface area contributed by atoms with Gasteiger partial charge in [-0.25, -0.2) is 0 Å². The molecule has 1 aliphatic heterocycles. The van der Waals surface area contributed by atoms with E-state index in [-0.39, 0.29) is 0 Å². The van der Waals surface area contributed by atoms with E-state index in [1.54, 1.807) is 0 Å². The highest BCUT2D eigenvalue weighted by molar-refractivity contribution is 5.21. The summed E-state index contributed by atoms with van der Waals surface area (Å²) >= 11 is 0. The van der Waals surface area contributed by atoms with Gasteiger partial charge >= 0.3 is 0 Å². The summed E-state index contributed by atoms with van der Waals surface area (Å²) in [5, 5.41) is 0. The van der Waals surface area contributed by atoms with Crippen molar-refractivity contribution >= 4 is 0 Å². The summed E-state index contributed by atoms with van der Waals surface area (Å²) in [7, 11) is 0. The van der Waals surface area contributed by atoms with Gasteiger partial charge in [-0.05, 0) is 38.3 Å². The summed E-state index contributed by atoms with van der Waals surface area (Å²) in [5.41, 5.74) is 8.21. The van der Waals surface area contributed by atoms with Gasteiger partial charge in [-0.3, -0.25) is 4.90 Å². The van der Waals surface area contributed by atoms with Crippen LogP contribution in [0.1, 0.15) is 30.4 Å². The summed E-state index contributed by atoms with van der Waals surface area (Å²) in [6.45, 7) is 7.03. The minimum atomic E-state index is 0.445. The van der Waals surface area contributed by atoms with Crippen LogP contribution in [-0.4, -0.2) is 37.2 Å². The van der Waals surface area contributed by atoms with E-state index in [0.29, 0.717) is 6.10 Å². The predicted molar refractivity (Wildman–Crippen MR) is 79.1 cm³/mol. The lowest BCUT2D eigenvalue weighted by Gasteiger charge is -2.32. The van der Waals surface area contributed by atoms with Crippen molar-refractivity contribution in [1.82, 2.24) is 4.90 Å². The van der Waals surface area contributed by atoms with Crippen LogP contribution in [0.2, 0.25) is 0 Å². The molecule has 0 aliphatic carbocycles. The zero-order chi connectivity index (χ0) is 13.5. The maximum absolute atomic E-state index is 5.83. The number of likely N-dealkylation sites (tertiary alicyclic amines) is 1. The molecule has 0 aromatic heterocycles. The van der Waals surface area contributed by atoms with Crippen LogP contribution in [0.5, 0.6) is 0 Å². The van der Waals surface area contributed by atoms with Crippen LogP contribution >= 0.6 is 0 Å². The largest absolute Gasteiger partial charge is 0.378 e. The van der Waals surface area contributed by atoms with Gasteiger partial charge in [0, 0.05) is 26.2 Å². The molecule has 0 unspecified atom stereocenters. The Morgan fingerprint density at radius 1 is 1.21 bits per heavy atom. The van der Waals surface area contributed by atoms with Crippen molar-refractivity contribution in [1.29, 1.82) is 0 Å². The Labute approximate surface area is 116 Å². The fraction of sp³-hybridized carbons (Fsp3) is 0.625. The molecule has 3 nitrogen and oxygen atoms in total. The summed E-state index contributed by atoms with van der Waals surface area (Å²) in [6.07, 6.45) is 3.72. The molecule has 0 spiro atoms. The molecule has 0 radical (unpaired) electrons. The number of hydrogen-bond donors (Lipinski definition) is 1. The van der Waals surface area contributed by atoms with Gasteiger partial charge in [-0.15, -0.1) is 0 Å². The lowest BCUT2D eigenvalue weighted by Crippen LogP contribution is -2.36. The first-order valence-electron chi connectivity index (χ1n) is 7.37. The van der Waals surface area contributed by atoms with Crippen molar-refractivity contribution in [2.45, 2.75) is 38.8 Å². The molecule has 1 aromatic carbocycles. The van der Waals surface area contributed by atoms with E-state index in [0.717, 1.165) is 52.0 Å². The third-order valence-corrected chi connectivity index (χ3v) is 3.76. The number of ether oxygens (including phenoxy) is 1. The van der Waals surface area contributed by atoms with Gasteiger partial charge in [0.15, 0.2) is 0 Å². The Morgan fingerprint density at radius 3 is 2.53 bits per heavy atom. The summed E-state index contributed by atoms with van der Waals surface area (Å²) < 4.78 is 5.83. The second kappa shape index (κ2) is 7.63. The smallest absolute Gasteiger partial charge is 0.0599 e. The van der Waals surface area contributed by atoms with Crippen molar-refractivity contribution in [3.8, 4) is 0 Å². The Bertz CT molecular complexity index is 356. The molecule has 0 bridgehead atoms. The molecular formula is C16H26N2O. The van der Waals surface area contributed by atoms with Crippen molar-refractivity contribution in [3.63, 3.8) is 0 Å². The van der Waals surface area contributed by atoms with Crippen LogP contribution in [-0.2, 0) is 11.3 Å². The Morgan fingerprint density at radius 2 is 1.89 bits per heavy atom. The minimum Gasteiger partial charge on any atom is -0.378 e. The highest BCUT2D eigenvalue weighted by Gasteiger charge is 2.19. The van der Waals surface area contributed by atoms with Gasteiger partial charge in [0.25, 0.3) is 0 Å². The SMILES string of the molecule is Cc1ccc(CN2CCC(OCCCN)CC2)cc1. The number of hydrogen-bond acceptors (Lipinski definition) is 3. The number of aryl methyl sites for hydroxylation is 1. The van der Waals surface area contributed by atoms with Crippen LogP contribution in [0.4, 0.5) is 0 Å². The summed E-state index contributed by atoms with van der Waals surface area (Å²) in [6, 6.07) is 8.86. The average molecular weight is 262 g/mol. The van der Waals surface area contributed by atoms with E-state index in [9.17, 15) is 0 Å². The standard InChI is InChI=1S/C16H26N2O/c1-14-3-5-15(6-4-14)13-18-10-7-16(8-11-18)19-12-2-9-17/h3-6,16H,2,7-13,17H2,1H3. The second-order valence-electron chi connectivity index (χ2n) is 5.47. The first kappa shape index (κ1) is 14.5. The quantitative estimate of drug-likeness (QED) is 0.800. The number of rotatable bonds is 6.